The lowest BCUT2D eigenvalue weighted by Gasteiger charge is -2.29. The second kappa shape index (κ2) is 11.6. The molecule has 4 rings (SSSR count). The minimum absolute atomic E-state index is 0.0433. The fourth-order valence-electron chi connectivity index (χ4n) is 3.86. The van der Waals surface area contributed by atoms with Crippen LogP contribution in [-0.4, -0.2) is 68.4 Å². The van der Waals surface area contributed by atoms with Crippen molar-refractivity contribution in [2.75, 3.05) is 57.5 Å². The van der Waals surface area contributed by atoms with Crippen LogP contribution in [0.3, 0.4) is 0 Å². The van der Waals surface area contributed by atoms with Gasteiger partial charge in [-0.15, -0.1) is 0 Å². The quantitative estimate of drug-likeness (QED) is 0.421. The monoisotopic (exact) mass is 483 g/mol. The molecule has 1 saturated heterocycles. The molecule has 1 amide bonds. The van der Waals surface area contributed by atoms with Crippen molar-refractivity contribution in [1.82, 2.24) is 9.88 Å². The maximum absolute atomic E-state index is 13.3. The summed E-state index contributed by atoms with van der Waals surface area (Å²) in [7, 11) is 0. The fraction of sp³-hybridized carbons (Fsp3) is 0.462. The summed E-state index contributed by atoms with van der Waals surface area (Å²) in [5.41, 5.74) is 2.03. The zero-order valence-corrected chi connectivity index (χ0v) is 21.0. The summed E-state index contributed by atoms with van der Waals surface area (Å²) in [6.45, 7) is 11.3. The fourth-order valence-corrected chi connectivity index (χ4v) is 4.89. The molecular weight excluding hydrogens is 450 g/mol. The van der Waals surface area contributed by atoms with Gasteiger partial charge in [0, 0.05) is 26.2 Å². The number of thiazole rings is 1. The molecule has 2 heterocycles. The molecule has 2 aromatic carbocycles. The SMILES string of the molecule is CCOc1cccc2sc(N(CCN3CCOCC3)C(=O)COc3ccc(C(C)C)cc3)nc12. The number of para-hydroxylation sites is 1. The predicted molar refractivity (Wildman–Crippen MR) is 136 cm³/mol. The molecule has 3 aromatic rings. The first-order chi connectivity index (χ1) is 16.5. The molecule has 7 nitrogen and oxygen atoms in total. The van der Waals surface area contributed by atoms with Gasteiger partial charge in [-0.3, -0.25) is 14.6 Å². The van der Waals surface area contributed by atoms with Crippen molar-refractivity contribution < 1.29 is 19.0 Å². The highest BCUT2D eigenvalue weighted by molar-refractivity contribution is 7.22. The lowest BCUT2D eigenvalue weighted by molar-refractivity contribution is -0.120. The zero-order valence-electron chi connectivity index (χ0n) is 20.2. The molecule has 0 saturated carbocycles. The summed E-state index contributed by atoms with van der Waals surface area (Å²) in [5, 5.41) is 0.666. The van der Waals surface area contributed by atoms with Crippen LogP contribution in [0.1, 0.15) is 32.3 Å². The van der Waals surface area contributed by atoms with E-state index in [0.29, 0.717) is 30.0 Å². The molecule has 0 spiro atoms. The lowest BCUT2D eigenvalue weighted by Crippen LogP contribution is -2.44. The van der Waals surface area contributed by atoms with E-state index in [1.165, 1.54) is 16.9 Å². The number of aromatic nitrogens is 1. The number of carbonyl (C=O) groups is 1. The van der Waals surface area contributed by atoms with E-state index in [-0.39, 0.29) is 12.5 Å². The van der Waals surface area contributed by atoms with Crippen LogP contribution in [-0.2, 0) is 9.53 Å². The first-order valence-corrected chi connectivity index (χ1v) is 12.7. The standard InChI is InChI=1S/C26H33N3O4S/c1-4-32-22-6-5-7-23-25(22)27-26(34-23)29(13-12-28-14-16-31-17-15-28)24(30)18-33-21-10-8-20(9-11-21)19(2)3/h5-11,19H,4,12-18H2,1-3H3. The highest BCUT2D eigenvalue weighted by Gasteiger charge is 2.23. The number of fused-ring (bicyclic) bond motifs is 1. The number of amides is 1. The van der Waals surface area contributed by atoms with E-state index in [4.69, 9.17) is 19.2 Å². The first kappa shape index (κ1) is 24.4. The van der Waals surface area contributed by atoms with Gasteiger partial charge in [-0.05, 0) is 42.7 Å². The summed E-state index contributed by atoms with van der Waals surface area (Å²) < 4.78 is 18.1. The lowest BCUT2D eigenvalue weighted by atomic mass is 10.0. The number of hydrogen-bond acceptors (Lipinski definition) is 7. The molecule has 1 aliphatic rings. The largest absolute Gasteiger partial charge is 0.492 e. The van der Waals surface area contributed by atoms with E-state index in [0.717, 1.165) is 48.8 Å². The van der Waals surface area contributed by atoms with Crippen molar-refractivity contribution in [3.8, 4) is 11.5 Å². The van der Waals surface area contributed by atoms with Crippen molar-refractivity contribution in [3.05, 3.63) is 48.0 Å². The third kappa shape index (κ3) is 6.05. The van der Waals surface area contributed by atoms with Gasteiger partial charge in [0.15, 0.2) is 11.7 Å². The van der Waals surface area contributed by atoms with Crippen LogP contribution < -0.4 is 14.4 Å². The number of benzene rings is 2. The van der Waals surface area contributed by atoms with E-state index in [1.807, 2.05) is 49.4 Å². The van der Waals surface area contributed by atoms with Gasteiger partial charge >= 0.3 is 0 Å². The van der Waals surface area contributed by atoms with Gasteiger partial charge < -0.3 is 14.2 Å². The van der Waals surface area contributed by atoms with Crippen molar-refractivity contribution >= 4 is 32.6 Å². The minimum Gasteiger partial charge on any atom is -0.492 e. The van der Waals surface area contributed by atoms with Gasteiger partial charge in [0.1, 0.15) is 17.0 Å². The Kier molecular flexibility index (Phi) is 8.37. The highest BCUT2D eigenvalue weighted by Crippen LogP contribution is 2.34. The van der Waals surface area contributed by atoms with Gasteiger partial charge in [0.2, 0.25) is 0 Å². The van der Waals surface area contributed by atoms with Gasteiger partial charge in [0.25, 0.3) is 5.91 Å². The normalized spacial score (nSPS) is 14.5. The number of hydrogen-bond donors (Lipinski definition) is 0. The Morgan fingerprint density at radius 3 is 2.62 bits per heavy atom. The zero-order chi connectivity index (χ0) is 23.9. The maximum atomic E-state index is 13.3. The summed E-state index contributed by atoms with van der Waals surface area (Å²) in [4.78, 5) is 22.2. The number of ether oxygens (including phenoxy) is 3. The predicted octanol–water partition coefficient (Wildman–Crippen LogP) is 4.56. The van der Waals surface area contributed by atoms with E-state index in [9.17, 15) is 4.79 Å². The third-order valence-corrected chi connectivity index (χ3v) is 6.90. The molecule has 0 atom stereocenters. The number of anilines is 1. The number of carbonyl (C=O) groups excluding carboxylic acids is 1. The van der Waals surface area contributed by atoms with E-state index in [1.54, 1.807) is 4.90 Å². The Bertz CT molecular complexity index is 1080. The second-order valence-corrected chi connectivity index (χ2v) is 9.55. The molecule has 8 heteroatoms. The molecule has 0 N–H and O–H groups in total. The molecular formula is C26H33N3O4S. The van der Waals surface area contributed by atoms with E-state index >= 15 is 0 Å². The van der Waals surface area contributed by atoms with Gasteiger partial charge in [-0.2, -0.15) is 0 Å². The van der Waals surface area contributed by atoms with Crippen molar-refractivity contribution in [2.45, 2.75) is 26.7 Å². The number of rotatable bonds is 10. The van der Waals surface area contributed by atoms with Crippen LogP contribution in [0.5, 0.6) is 11.5 Å². The van der Waals surface area contributed by atoms with Crippen LogP contribution in [0.15, 0.2) is 42.5 Å². The van der Waals surface area contributed by atoms with Crippen LogP contribution in [0.2, 0.25) is 0 Å². The Morgan fingerprint density at radius 1 is 1.15 bits per heavy atom. The Morgan fingerprint density at radius 2 is 1.91 bits per heavy atom. The van der Waals surface area contributed by atoms with Crippen molar-refractivity contribution in [2.24, 2.45) is 0 Å². The summed E-state index contributed by atoms with van der Waals surface area (Å²) >= 11 is 1.50. The maximum Gasteiger partial charge on any atom is 0.266 e. The molecule has 1 aliphatic heterocycles. The molecule has 1 fully saturated rings. The van der Waals surface area contributed by atoms with Crippen LogP contribution in [0, 0.1) is 0 Å². The Balaban J connectivity index is 1.51. The second-order valence-electron chi connectivity index (χ2n) is 8.54. The summed E-state index contributed by atoms with van der Waals surface area (Å²) in [6, 6.07) is 13.8. The van der Waals surface area contributed by atoms with Crippen molar-refractivity contribution in [3.63, 3.8) is 0 Å². The van der Waals surface area contributed by atoms with Gasteiger partial charge in [0.05, 0.1) is 24.5 Å². The molecule has 34 heavy (non-hydrogen) atoms. The molecule has 182 valence electrons. The van der Waals surface area contributed by atoms with Crippen LogP contribution in [0.4, 0.5) is 5.13 Å². The summed E-state index contributed by atoms with van der Waals surface area (Å²) in [5.74, 6) is 1.77. The van der Waals surface area contributed by atoms with Crippen molar-refractivity contribution in [1.29, 1.82) is 0 Å². The highest BCUT2D eigenvalue weighted by atomic mass is 32.1. The topological polar surface area (TPSA) is 64.1 Å². The van der Waals surface area contributed by atoms with E-state index < -0.39 is 0 Å². The van der Waals surface area contributed by atoms with E-state index in [2.05, 4.69) is 18.7 Å². The smallest absolute Gasteiger partial charge is 0.266 e. The van der Waals surface area contributed by atoms with Crippen LogP contribution in [0.25, 0.3) is 10.2 Å². The minimum atomic E-state index is -0.113. The Labute approximate surface area is 205 Å². The average molecular weight is 484 g/mol. The average Bonchev–Trinajstić information content (AvgIpc) is 3.29. The third-order valence-electron chi connectivity index (χ3n) is 5.86. The van der Waals surface area contributed by atoms with Gasteiger partial charge in [-0.25, -0.2) is 4.98 Å². The number of morpholine rings is 1. The molecule has 0 unspecified atom stereocenters. The molecule has 0 radical (unpaired) electrons. The molecule has 0 bridgehead atoms. The first-order valence-electron chi connectivity index (χ1n) is 11.9. The van der Waals surface area contributed by atoms with Gasteiger partial charge in [-0.1, -0.05) is 43.4 Å². The Hall–Kier alpha value is -2.68. The molecule has 0 aliphatic carbocycles. The molecule has 1 aromatic heterocycles. The van der Waals surface area contributed by atoms with Crippen LogP contribution >= 0.6 is 11.3 Å². The summed E-state index contributed by atoms with van der Waals surface area (Å²) in [6.07, 6.45) is 0. The number of nitrogens with zero attached hydrogens (tertiary/aromatic N) is 3.